The van der Waals surface area contributed by atoms with Gasteiger partial charge in [-0.2, -0.15) is 9.97 Å². The molecule has 1 unspecified atom stereocenters. The molecule has 1 saturated heterocycles. The molecule has 2 aromatic heterocycles. The molecule has 3 rings (SSSR count). The van der Waals surface area contributed by atoms with Gasteiger partial charge in [-0.05, 0) is 6.92 Å². The quantitative estimate of drug-likeness (QED) is 0.266. The highest BCUT2D eigenvalue weighted by Crippen LogP contribution is 2.32. The zero-order chi connectivity index (χ0) is 23.6. The number of anilines is 1. The van der Waals surface area contributed by atoms with Crippen molar-refractivity contribution in [3.63, 3.8) is 0 Å². The minimum absolute atomic E-state index is 0.0223. The van der Waals surface area contributed by atoms with E-state index in [9.17, 15) is 24.9 Å². The summed E-state index contributed by atoms with van der Waals surface area (Å²) in [5.74, 6) is -0.351. The van der Waals surface area contributed by atoms with Crippen LogP contribution in [0.4, 0.5) is 10.7 Å². The number of rotatable bonds is 8. The molecule has 1 amide bonds. The molecule has 2 aromatic rings. The predicted octanol–water partition coefficient (Wildman–Crippen LogP) is -1.60. The van der Waals surface area contributed by atoms with Gasteiger partial charge >= 0.3 is 11.8 Å². The molecular formula is C18H26N6O8. The summed E-state index contributed by atoms with van der Waals surface area (Å²) in [6.45, 7) is 4.65. The van der Waals surface area contributed by atoms with Crippen molar-refractivity contribution in [1.29, 1.82) is 0 Å². The van der Waals surface area contributed by atoms with Crippen LogP contribution in [0.1, 0.15) is 13.2 Å². The van der Waals surface area contributed by atoms with Crippen molar-refractivity contribution >= 4 is 23.2 Å². The number of carbonyl (C=O) groups excluding carboxylic acids is 1. The number of carbonyl (C=O) groups is 1. The Balaban J connectivity index is 2.10. The summed E-state index contributed by atoms with van der Waals surface area (Å²) in [5.41, 5.74) is 5.22. The molecule has 1 aliphatic heterocycles. The molecule has 14 nitrogen and oxygen atoms in total. The van der Waals surface area contributed by atoms with Gasteiger partial charge in [-0.3, -0.25) is 9.47 Å². The Hall–Kier alpha value is -3.20. The second-order valence-electron chi connectivity index (χ2n) is 7.01. The summed E-state index contributed by atoms with van der Waals surface area (Å²) >= 11 is 0. The number of fused-ring (bicyclic) bond motifs is 1. The second-order valence-corrected chi connectivity index (χ2v) is 7.01. The van der Waals surface area contributed by atoms with Gasteiger partial charge < -0.3 is 35.3 Å². The van der Waals surface area contributed by atoms with Crippen LogP contribution in [0, 0.1) is 0 Å². The molecule has 0 aliphatic carbocycles. The fraction of sp³-hybridized carbons (Fsp3) is 0.556. The van der Waals surface area contributed by atoms with Crippen molar-refractivity contribution in [2.24, 2.45) is 0 Å². The Bertz CT molecular complexity index is 1050. The van der Waals surface area contributed by atoms with Crippen LogP contribution < -0.4 is 16.2 Å². The number of aliphatic hydroxyl groups excluding tert-OH is 3. The highest BCUT2D eigenvalue weighted by Gasteiger charge is 2.45. The molecule has 5 N–H and O–H groups in total. The van der Waals surface area contributed by atoms with Gasteiger partial charge in [0.15, 0.2) is 24.1 Å². The van der Waals surface area contributed by atoms with Gasteiger partial charge in [0.25, 0.3) is 0 Å². The van der Waals surface area contributed by atoms with E-state index in [-0.39, 0.29) is 42.9 Å². The maximum Gasteiger partial charge on any atom is 0.412 e. The fourth-order valence-electron chi connectivity index (χ4n) is 3.33. The fourth-order valence-corrected chi connectivity index (χ4v) is 3.33. The molecule has 1 aliphatic rings. The van der Waals surface area contributed by atoms with E-state index in [2.05, 4.69) is 16.5 Å². The monoisotopic (exact) mass is 454 g/mol. The first-order chi connectivity index (χ1) is 15.2. The molecule has 1 fully saturated rings. The summed E-state index contributed by atoms with van der Waals surface area (Å²) in [5, 5.41) is 29.9. The van der Waals surface area contributed by atoms with Crippen molar-refractivity contribution in [2.75, 3.05) is 32.7 Å². The molecule has 32 heavy (non-hydrogen) atoms. The van der Waals surface area contributed by atoms with E-state index >= 15 is 0 Å². The number of hydrogen-bond acceptors (Lipinski definition) is 11. The van der Waals surface area contributed by atoms with Gasteiger partial charge in [-0.1, -0.05) is 6.08 Å². The first kappa shape index (κ1) is 23.5. The van der Waals surface area contributed by atoms with Gasteiger partial charge in [0.1, 0.15) is 18.3 Å². The van der Waals surface area contributed by atoms with E-state index < -0.39 is 42.9 Å². The SMILES string of the molecule is C=CCn1c(=O)n(C2O[C@H](CO)[C@@H](O)[C@H]2O)c2nc(N)nc(OCN(C)C(=O)OCC)c21. The number of aliphatic hydroxyl groups is 3. The summed E-state index contributed by atoms with van der Waals surface area (Å²) in [7, 11) is 1.45. The highest BCUT2D eigenvalue weighted by atomic mass is 16.6. The maximum atomic E-state index is 13.2. The number of hydrogen-bond donors (Lipinski definition) is 4. The molecule has 0 radical (unpaired) electrons. The first-order valence-corrected chi connectivity index (χ1v) is 9.77. The summed E-state index contributed by atoms with van der Waals surface area (Å²) in [6.07, 6.45) is -4.59. The maximum absolute atomic E-state index is 13.2. The number of nitrogens with two attached hydrogens (primary N) is 1. The smallest absolute Gasteiger partial charge is 0.412 e. The average molecular weight is 454 g/mol. The van der Waals surface area contributed by atoms with Crippen molar-refractivity contribution in [3.8, 4) is 5.88 Å². The number of aromatic nitrogens is 4. The van der Waals surface area contributed by atoms with Gasteiger partial charge in [0.2, 0.25) is 11.8 Å². The zero-order valence-electron chi connectivity index (χ0n) is 17.6. The van der Waals surface area contributed by atoms with E-state index in [1.165, 1.54) is 17.7 Å². The lowest BCUT2D eigenvalue weighted by atomic mass is 10.1. The number of nitrogen functional groups attached to an aromatic ring is 1. The lowest BCUT2D eigenvalue weighted by Crippen LogP contribution is -2.36. The summed E-state index contributed by atoms with van der Waals surface area (Å²) in [4.78, 5) is 34.3. The zero-order valence-corrected chi connectivity index (χ0v) is 17.6. The van der Waals surface area contributed by atoms with E-state index in [0.29, 0.717) is 0 Å². The molecule has 0 spiro atoms. The number of ether oxygens (including phenoxy) is 3. The van der Waals surface area contributed by atoms with Crippen LogP contribution in [-0.4, -0.2) is 90.7 Å². The third-order valence-electron chi connectivity index (χ3n) is 4.84. The van der Waals surface area contributed by atoms with Gasteiger partial charge in [-0.15, -0.1) is 6.58 Å². The van der Waals surface area contributed by atoms with E-state index in [0.717, 1.165) is 9.47 Å². The molecule has 4 atom stereocenters. The van der Waals surface area contributed by atoms with Crippen LogP contribution >= 0.6 is 0 Å². The Morgan fingerprint density at radius 1 is 1.38 bits per heavy atom. The second kappa shape index (κ2) is 9.52. The van der Waals surface area contributed by atoms with Crippen LogP contribution in [0.15, 0.2) is 17.4 Å². The molecule has 3 heterocycles. The van der Waals surface area contributed by atoms with Gasteiger partial charge in [0, 0.05) is 13.6 Å². The van der Waals surface area contributed by atoms with Gasteiger partial charge in [0.05, 0.1) is 13.2 Å². The van der Waals surface area contributed by atoms with Gasteiger partial charge in [-0.25, -0.2) is 14.2 Å². The lowest BCUT2D eigenvalue weighted by molar-refractivity contribution is -0.0527. The van der Waals surface area contributed by atoms with Crippen LogP contribution in [0.5, 0.6) is 5.88 Å². The highest BCUT2D eigenvalue weighted by molar-refractivity contribution is 5.79. The summed E-state index contributed by atoms with van der Waals surface area (Å²) < 4.78 is 18.2. The average Bonchev–Trinajstić information content (AvgIpc) is 3.19. The Morgan fingerprint density at radius 3 is 2.69 bits per heavy atom. The van der Waals surface area contributed by atoms with E-state index in [1.54, 1.807) is 6.92 Å². The number of allylic oxidation sites excluding steroid dienone is 1. The Morgan fingerprint density at radius 2 is 2.09 bits per heavy atom. The first-order valence-electron chi connectivity index (χ1n) is 9.77. The van der Waals surface area contributed by atoms with Crippen molar-refractivity contribution in [2.45, 2.75) is 38.0 Å². The van der Waals surface area contributed by atoms with Crippen LogP contribution in [0.25, 0.3) is 11.2 Å². The van der Waals surface area contributed by atoms with Crippen molar-refractivity contribution in [1.82, 2.24) is 24.0 Å². The predicted molar refractivity (Wildman–Crippen MR) is 110 cm³/mol. The molecule has 0 saturated carbocycles. The molecule has 176 valence electrons. The lowest BCUT2D eigenvalue weighted by Gasteiger charge is -2.17. The third-order valence-corrected chi connectivity index (χ3v) is 4.84. The topological polar surface area (TPSA) is 187 Å². The normalized spacial score (nSPS) is 22.8. The third kappa shape index (κ3) is 4.12. The molecule has 0 aromatic carbocycles. The number of imidazole rings is 1. The van der Waals surface area contributed by atoms with E-state index in [4.69, 9.17) is 19.9 Å². The molecular weight excluding hydrogens is 428 g/mol. The summed E-state index contributed by atoms with van der Waals surface area (Å²) in [6, 6.07) is 0. The van der Waals surface area contributed by atoms with Crippen molar-refractivity contribution in [3.05, 3.63) is 23.1 Å². The number of amides is 1. The standard InChI is InChI=1S/C18H26N6O8/c1-4-6-23-10-13(24(17(23)28)15-12(27)11(26)9(7-25)32-15)20-16(19)21-14(10)31-8-22(3)18(29)30-5-2/h4,9,11-12,15,25-27H,1,5-8H2,2-3H3,(H2,19,20,21)/t9-,11-,12-,15?/m1/s1. The minimum atomic E-state index is -1.52. The number of nitrogens with zero attached hydrogens (tertiary/aromatic N) is 5. The van der Waals surface area contributed by atoms with Crippen LogP contribution in [0.3, 0.4) is 0 Å². The largest absolute Gasteiger partial charge is 0.454 e. The van der Waals surface area contributed by atoms with Crippen LogP contribution in [-0.2, 0) is 16.0 Å². The van der Waals surface area contributed by atoms with Crippen LogP contribution in [0.2, 0.25) is 0 Å². The van der Waals surface area contributed by atoms with Crippen molar-refractivity contribution < 1.29 is 34.3 Å². The molecule has 0 bridgehead atoms. The Labute approximate surface area is 182 Å². The Kier molecular flexibility index (Phi) is 6.98. The minimum Gasteiger partial charge on any atom is -0.454 e. The van der Waals surface area contributed by atoms with E-state index in [1.807, 2.05) is 0 Å². The molecule has 14 heteroatoms.